The van der Waals surface area contributed by atoms with Crippen LogP contribution in [0.3, 0.4) is 0 Å². The molecule has 0 spiro atoms. The lowest BCUT2D eigenvalue weighted by Crippen LogP contribution is -2.40. The fourth-order valence-corrected chi connectivity index (χ4v) is 4.44. The number of nitrogens with zero attached hydrogens (tertiary/aromatic N) is 2. The van der Waals surface area contributed by atoms with Gasteiger partial charge in [0.05, 0.1) is 37.9 Å². The number of hydrogen-bond acceptors (Lipinski definition) is 7. The summed E-state index contributed by atoms with van der Waals surface area (Å²) < 4.78 is 43.3. The van der Waals surface area contributed by atoms with Gasteiger partial charge in [-0.15, -0.1) is 0 Å². The highest BCUT2D eigenvalue weighted by atomic mass is 32.2. The normalized spacial score (nSPS) is 15.0. The lowest BCUT2D eigenvalue weighted by molar-refractivity contribution is 0.0730. The monoisotopic (exact) mass is 421 g/mol. The second kappa shape index (κ2) is 8.76. The van der Waals surface area contributed by atoms with Gasteiger partial charge in [-0.05, 0) is 25.1 Å². The molecular weight excluding hydrogens is 398 g/mol. The summed E-state index contributed by atoms with van der Waals surface area (Å²) in [5.74, 6) is 0.0671. The van der Waals surface area contributed by atoms with Crippen LogP contribution < -0.4 is 14.8 Å². The third-order valence-electron chi connectivity index (χ3n) is 4.43. The first kappa shape index (κ1) is 21.0. The topological polar surface area (TPSA) is 107 Å². The fourth-order valence-electron chi connectivity index (χ4n) is 2.99. The SMILES string of the molecule is COc1cc(S(=O)(=O)N2CCOCC2)cc(C(=O)Nc2cccc(C)n2)c1OC. The second-order valence-electron chi connectivity index (χ2n) is 6.34. The Balaban J connectivity index is 2.03. The number of sulfonamides is 1. The van der Waals surface area contributed by atoms with Gasteiger partial charge in [0.1, 0.15) is 5.82 Å². The van der Waals surface area contributed by atoms with Crippen LogP contribution in [0.2, 0.25) is 0 Å². The lowest BCUT2D eigenvalue weighted by Gasteiger charge is -2.26. The molecule has 156 valence electrons. The highest BCUT2D eigenvalue weighted by Gasteiger charge is 2.30. The van der Waals surface area contributed by atoms with Crippen LogP contribution in [-0.4, -0.2) is 64.1 Å². The number of carbonyl (C=O) groups excluding carboxylic acids is 1. The molecule has 1 amide bonds. The molecule has 0 saturated carbocycles. The smallest absolute Gasteiger partial charge is 0.260 e. The van der Waals surface area contributed by atoms with Gasteiger partial charge in [0.25, 0.3) is 5.91 Å². The zero-order valence-electron chi connectivity index (χ0n) is 16.5. The summed E-state index contributed by atoms with van der Waals surface area (Å²) in [7, 11) is -1.07. The Labute approximate surface area is 169 Å². The van der Waals surface area contributed by atoms with Gasteiger partial charge in [0, 0.05) is 24.8 Å². The van der Waals surface area contributed by atoms with Crippen LogP contribution in [0.1, 0.15) is 16.1 Å². The average molecular weight is 421 g/mol. The van der Waals surface area contributed by atoms with Gasteiger partial charge in [0.2, 0.25) is 10.0 Å². The molecule has 9 nitrogen and oxygen atoms in total. The van der Waals surface area contributed by atoms with Crippen molar-refractivity contribution in [3.63, 3.8) is 0 Å². The van der Waals surface area contributed by atoms with Crippen LogP contribution in [-0.2, 0) is 14.8 Å². The standard InChI is InChI=1S/C19H23N3O6S/c1-13-5-4-6-17(20-13)21-19(23)15-11-14(12-16(26-2)18(15)27-3)29(24,25)22-7-9-28-10-8-22/h4-6,11-12H,7-10H2,1-3H3,(H,20,21,23). The maximum Gasteiger partial charge on any atom is 0.260 e. The molecule has 0 radical (unpaired) electrons. The second-order valence-corrected chi connectivity index (χ2v) is 8.28. The number of methoxy groups -OCH3 is 2. The molecule has 10 heteroatoms. The van der Waals surface area contributed by atoms with Crippen molar-refractivity contribution in [2.24, 2.45) is 0 Å². The highest BCUT2D eigenvalue weighted by Crippen LogP contribution is 2.35. The van der Waals surface area contributed by atoms with Crippen LogP contribution in [0.15, 0.2) is 35.2 Å². The first-order chi connectivity index (χ1) is 13.9. The van der Waals surface area contributed by atoms with Gasteiger partial charge in [-0.25, -0.2) is 13.4 Å². The van der Waals surface area contributed by atoms with Crippen LogP contribution in [0, 0.1) is 6.92 Å². The van der Waals surface area contributed by atoms with Gasteiger partial charge < -0.3 is 19.5 Å². The van der Waals surface area contributed by atoms with Gasteiger partial charge >= 0.3 is 0 Å². The van der Waals surface area contributed by atoms with E-state index >= 15 is 0 Å². The van der Waals surface area contributed by atoms with E-state index in [2.05, 4.69) is 10.3 Å². The molecule has 1 aliphatic heterocycles. The maximum absolute atomic E-state index is 13.1. The van der Waals surface area contributed by atoms with Crippen molar-refractivity contribution in [2.45, 2.75) is 11.8 Å². The summed E-state index contributed by atoms with van der Waals surface area (Å²) in [4.78, 5) is 17.1. The predicted octanol–water partition coefficient (Wildman–Crippen LogP) is 1.68. The number of aromatic nitrogens is 1. The Morgan fingerprint density at radius 3 is 2.52 bits per heavy atom. The number of benzene rings is 1. The predicted molar refractivity (Wildman–Crippen MR) is 106 cm³/mol. The van der Waals surface area contributed by atoms with Crippen molar-refractivity contribution in [3.05, 3.63) is 41.6 Å². The lowest BCUT2D eigenvalue weighted by atomic mass is 10.1. The summed E-state index contributed by atoms with van der Waals surface area (Å²) >= 11 is 0. The van der Waals surface area contributed by atoms with E-state index in [4.69, 9.17) is 14.2 Å². The minimum atomic E-state index is -3.83. The van der Waals surface area contributed by atoms with Crippen LogP contribution in [0.5, 0.6) is 11.5 Å². The van der Waals surface area contributed by atoms with Crippen molar-refractivity contribution >= 4 is 21.7 Å². The molecule has 1 aromatic heterocycles. The highest BCUT2D eigenvalue weighted by molar-refractivity contribution is 7.89. The number of morpholine rings is 1. The van der Waals surface area contributed by atoms with E-state index in [1.165, 1.54) is 30.7 Å². The number of hydrogen-bond donors (Lipinski definition) is 1. The van der Waals surface area contributed by atoms with Gasteiger partial charge in [-0.2, -0.15) is 4.31 Å². The molecular formula is C19H23N3O6S. The number of rotatable bonds is 6. The van der Waals surface area contributed by atoms with Crippen molar-refractivity contribution in [1.29, 1.82) is 0 Å². The third-order valence-corrected chi connectivity index (χ3v) is 6.31. The summed E-state index contributed by atoms with van der Waals surface area (Å²) in [6.07, 6.45) is 0. The Hall–Kier alpha value is -2.69. The summed E-state index contributed by atoms with van der Waals surface area (Å²) in [6, 6.07) is 7.84. The van der Waals surface area contributed by atoms with Crippen LogP contribution >= 0.6 is 0 Å². The number of pyridine rings is 1. The van der Waals surface area contributed by atoms with Crippen molar-refractivity contribution < 1.29 is 27.4 Å². The molecule has 29 heavy (non-hydrogen) atoms. The number of amides is 1. The molecule has 2 heterocycles. The van der Waals surface area contributed by atoms with E-state index in [-0.39, 0.29) is 35.0 Å². The van der Waals surface area contributed by atoms with Crippen molar-refractivity contribution in [3.8, 4) is 11.5 Å². The quantitative estimate of drug-likeness (QED) is 0.756. The van der Waals surface area contributed by atoms with E-state index in [0.717, 1.165) is 5.69 Å². The Kier molecular flexibility index (Phi) is 6.36. The maximum atomic E-state index is 13.1. The van der Waals surface area contributed by atoms with E-state index < -0.39 is 15.9 Å². The van der Waals surface area contributed by atoms with Gasteiger partial charge in [-0.1, -0.05) is 6.07 Å². The average Bonchev–Trinajstić information content (AvgIpc) is 2.73. The third kappa shape index (κ3) is 4.50. The molecule has 1 saturated heterocycles. The minimum absolute atomic E-state index is 0.0296. The Morgan fingerprint density at radius 2 is 1.90 bits per heavy atom. The Morgan fingerprint density at radius 1 is 1.17 bits per heavy atom. The molecule has 3 rings (SSSR count). The van der Waals surface area contributed by atoms with Crippen LogP contribution in [0.25, 0.3) is 0 Å². The fraction of sp³-hybridized carbons (Fsp3) is 0.368. The molecule has 1 aliphatic rings. The molecule has 2 aromatic rings. The van der Waals surface area contributed by atoms with Crippen molar-refractivity contribution in [2.75, 3.05) is 45.8 Å². The minimum Gasteiger partial charge on any atom is -0.493 e. The van der Waals surface area contributed by atoms with Crippen molar-refractivity contribution in [1.82, 2.24) is 9.29 Å². The molecule has 1 N–H and O–H groups in total. The van der Waals surface area contributed by atoms with E-state index in [9.17, 15) is 13.2 Å². The molecule has 0 unspecified atom stereocenters. The summed E-state index contributed by atoms with van der Waals surface area (Å²) in [5.41, 5.74) is 0.762. The molecule has 0 atom stereocenters. The van der Waals surface area contributed by atoms with E-state index in [1.807, 2.05) is 0 Å². The zero-order chi connectivity index (χ0) is 21.0. The Bertz CT molecular complexity index is 1000. The number of carbonyl (C=O) groups is 1. The largest absolute Gasteiger partial charge is 0.493 e. The number of anilines is 1. The zero-order valence-corrected chi connectivity index (χ0v) is 17.3. The first-order valence-corrected chi connectivity index (χ1v) is 10.4. The molecule has 1 fully saturated rings. The first-order valence-electron chi connectivity index (χ1n) is 8.95. The molecule has 0 aliphatic carbocycles. The number of nitrogens with one attached hydrogen (secondary N) is 1. The summed E-state index contributed by atoms with van der Waals surface area (Å²) in [5, 5.41) is 2.67. The van der Waals surface area contributed by atoms with Gasteiger partial charge in [-0.3, -0.25) is 4.79 Å². The summed E-state index contributed by atoms with van der Waals surface area (Å²) in [6.45, 7) is 2.92. The van der Waals surface area contributed by atoms with Crippen LogP contribution in [0.4, 0.5) is 5.82 Å². The van der Waals surface area contributed by atoms with E-state index in [1.54, 1.807) is 25.1 Å². The number of ether oxygens (including phenoxy) is 3. The molecule has 0 bridgehead atoms. The van der Waals surface area contributed by atoms with Gasteiger partial charge in [0.15, 0.2) is 11.5 Å². The molecule has 1 aromatic carbocycles. The van der Waals surface area contributed by atoms with E-state index in [0.29, 0.717) is 19.0 Å². The number of aryl methyl sites for hydroxylation is 1.